The lowest BCUT2D eigenvalue weighted by molar-refractivity contribution is 0.0983. The Labute approximate surface area is 171 Å². The van der Waals surface area contributed by atoms with Gasteiger partial charge in [-0.05, 0) is 57.9 Å². The lowest BCUT2D eigenvalue weighted by atomic mass is 10.1. The molecule has 2 aromatic rings. The fourth-order valence-corrected chi connectivity index (χ4v) is 3.17. The van der Waals surface area contributed by atoms with E-state index in [1.807, 2.05) is 51.1 Å². The number of amides is 1. The third-order valence-electron chi connectivity index (χ3n) is 4.54. The Morgan fingerprint density at radius 3 is 2.52 bits per heavy atom. The van der Waals surface area contributed by atoms with Crippen molar-refractivity contribution in [1.82, 2.24) is 14.9 Å². The fraction of sp³-hybridized carbons (Fsp3) is 0.476. The molecule has 2 heterocycles. The minimum absolute atomic E-state index is 0.147. The van der Waals surface area contributed by atoms with E-state index in [4.69, 9.17) is 9.47 Å². The number of ether oxygens (including phenoxy) is 2. The van der Waals surface area contributed by atoms with Crippen LogP contribution < -0.4 is 15.4 Å². The molecule has 1 aliphatic rings. The zero-order chi connectivity index (χ0) is 20.6. The first kappa shape index (κ1) is 20.7. The number of benzene rings is 1. The number of hydrogen-bond acceptors (Lipinski definition) is 7. The Hall–Kier alpha value is -3.03. The van der Waals surface area contributed by atoms with Crippen molar-refractivity contribution < 1.29 is 14.3 Å². The molecule has 29 heavy (non-hydrogen) atoms. The van der Waals surface area contributed by atoms with Crippen LogP contribution in [0.3, 0.4) is 0 Å². The molecule has 0 atom stereocenters. The summed E-state index contributed by atoms with van der Waals surface area (Å²) in [5.41, 5.74) is 0.925. The van der Waals surface area contributed by atoms with E-state index in [1.165, 1.54) is 6.33 Å². The van der Waals surface area contributed by atoms with Gasteiger partial charge in [-0.25, -0.2) is 14.8 Å². The Morgan fingerprint density at radius 2 is 1.86 bits per heavy atom. The minimum atomic E-state index is -0.232. The molecule has 8 nitrogen and oxygen atoms in total. The van der Waals surface area contributed by atoms with Crippen molar-refractivity contribution in [1.29, 1.82) is 0 Å². The molecule has 2 N–H and O–H groups in total. The summed E-state index contributed by atoms with van der Waals surface area (Å²) in [5, 5.41) is 6.72. The number of aromatic nitrogens is 2. The van der Waals surface area contributed by atoms with E-state index in [9.17, 15) is 4.79 Å². The standard InChI is InChI=1S/C21H29N5O3/c1-4-28-21(27)26-11-9-17(10-12-26)25-20-13-19(22-14-23-20)24-16-5-7-18(8-6-16)29-15(2)3/h5-8,13-15,17H,4,9-12H2,1-3H3,(H2,22,23,24,25). The van der Waals surface area contributed by atoms with E-state index < -0.39 is 0 Å². The van der Waals surface area contributed by atoms with Crippen LogP contribution in [0.25, 0.3) is 0 Å². The van der Waals surface area contributed by atoms with Crippen LogP contribution in [-0.2, 0) is 4.74 Å². The number of nitrogens with zero attached hydrogens (tertiary/aromatic N) is 3. The molecule has 0 aliphatic carbocycles. The SMILES string of the molecule is CCOC(=O)N1CCC(Nc2cc(Nc3ccc(OC(C)C)cc3)ncn2)CC1. The first-order chi connectivity index (χ1) is 14.0. The van der Waals surface area contributed by atoms with Crippen LogP contribution in [0.1, 0.15) is 33.6 Å². The maximum absolute atomic E-state index is 11.8. The van der Waals surface area contributed by atoms with Gasteiger partial charge in [0.25, 0.3) is 0 Å². The van der Waals surface area contributed by atoms with Crippen LogP contribution in [0.4, 0.5) is 22.1 Å². The highest BCUT2D eigenvalue weighted by molar-refractivity contribution is 5.67. The molecule has 1 aromatic heterocycles. The van der Waals surface area contributed by atoms with Gasteiger partial charge < -0.3 is 25.0 Å². The molecule has 0 radical (unpaired) electrons. The quantitative estimate of drug-likeness (QED) is 0.726. The predicted octanol–water partition coefficient (Wildman–Crippen LogP) is 4.04. The molecule has 3 rings (SSSR count). The lowest BCUT2D eigenvalue weighted by Crippen LogP contribution is -2.42. The monoisotopic (exact) mass is 399 g/mol. The summed E-state index contributed by atoms with van der Waals surface area (Å²) >= 11 is 0. The van der Waals surface area contributed by atoms with Crippen LogP contribution in [0.2, 0.25) is 0 Å². The van der Waals surface area contributed by atoms with Gasteiger partial charge in [-0.3, -0.25) is 0 Å². The van der Waals surface area contributed by atoms with Crippen molar-refractivity contribution in [3.8, 4) is 5.75 Å². The van der Waals surface area contributed by atoms with E-state index in [0.29, 0.717) is 25.5 Å². The third-order valence-corrected chi connectivity index (χ3v) is 4.54. The van der Waals surface area contributed by atoms with Gasteiger partial charge in [-0.1, -0.05) is 0 Å². The molecule has 0 unspecified atom stereocenters. The number of piperidine rings is 1. The van der Waals surface area contributed by atoms with Gasteiger partial charge in [0.05, 0.1) is 12.7 Å². The predicted molar refractivity (Wildman–Crippen MR) is 113 cm³/mol. The highest BCUT2D eigenvalue weighted by Gasteiger charge is 2.23. The number of hydrogen-bond donors (Lipinski definition) is 2. The van der Waals surface area contributed by atoms with Crippen molar-refractivity contribution in [2.75, 3.05) is 30.3 Å². The van der Waals surface area contributed by atoms with Crippen LogP contribution in [-0.4, -0.2) is 52.8 Å². The number of rotatable bonds is 7. The lowest BCUT2D eigenvalue weighted by Gasteiger charge is -2.31. The van der Waals surface area contributed by atoms with Crippen molar-refractivity contribution in [2.45, 2.75) is 45.8 Å². The van der Waals surface area contributed by atoms with Gasteiger partial charge >= 0.3 is 6.09 Å². The molecule has 0 bridgehead atoms. The first-order valence-corrected chi connectivity index (χ1v) is 10.1. The number of carbonyl (C=O) groups is 1. The number of nitrogens with one attached hydrogen (secondary N) is 2. The highest BCUT2D eigenvalue weighted by atomic mass is 16.6. The zero-order valence-corrected chi connectivity index (χ0v) is 17.2. The van der Waals surface area contributed by atoms with Gasteiger partial charge in [-0.2, -0.15) is 0 Å². The second-order valence-electron chi connectivity index (χ2n) is 7.21. The Balaban J connectivity index is 1.53. The third kappa shape index (κ3) is 6.23. The first-order valence-electron chi connectivity index (χ1n) is 10.1. The summed E-state index contributed by atoms with van der Waals surface area (Å²) < 4.78 is 10.7. The molecule has 8 heteroatoms. The normalized spacial score (nSPS) is 14.6. The second kappa shape index (κ2) is 9.95. The van der Waals surface area contributed by atoms with Crippen molar-refractivity contribution in [3.63, 3.8) is 0 Å². The Morgan fingerprint density at radius 1 is 1.17 bits per heavy atom. The molecule has 156 valence electrons. The van der Waals surface area contributed by atoms with Crippen molar-refractivity contribution in [3.05, 3.63) is 36.7 Å². The molecular formula is C21H29N5O3. The van der Waals surface area contributed by atoms with E-state index in [0.717, 1.165) is 30.1 Å². The van der Waals surface area contributed by atoms with E-state index in [1.54, 1.807) is 4.90 Å². The topological polar surface area (TPSA) is 88.6 Å². The van der Waals surface area contributed by atoms with Gasteiger partial charge in [0, 0.05) is 30.9 Å². The average molecular weight is 399 g/mol. The largest absolute Gasteiger partial charge is 0.491 e. The van der Waals surface area contributed by atoms with Crippen LogP contribution in [0.5, 0.6) is 5.75 Å². The summed E-state index contributed by atoms with van der Waals surface area (Å²) in [5.74, 6) is 2.31. The fourth-order valence-electron chi connectivity index (χ4n) is 3.17. The van der Waals surface area contributed by atoms with Gasteiger partial charge in [0.15, 0.2) is 0 Å². The van der Waals surface area contributed by atoms with Crippen LogP contribution in [0.15, 0.2) is 36.7 Å². The van der Waals surface area contributed by atoms with Gasteiger partial charge in [0.2, 0.25) is 0 Å². The smallest absolute Gasteiger partial charge is 0.409 e. The van der Waals surface area contributed by atoms with E-state index >= 15 is 0 Å². The summed E-state index contributed by atoms with van der Waals surface area (Å²) in [4.78, 5) is 22.2. The summed E-state index contributed by atoms with van der Waals surface area (Å²) in [6, 6.07) is 9.92. The molecule has 0 spiro atoms. The summed E-state index contributed by atoms with van der Waals surface area (Å²) in [6.45, 7) is 7.58. The van der Waals surface area contributed by atoms with E-state index in [2.05, 4.69) is 20.6 Å². The summed E-state index contributed by atoms with van der Waals surface area (Å²) in [7, 11) is 0. The molecule has 1 fully saturated rings. The van der Waals surface area contributed by atoms with E-state index in [-0.39, 0.29) is 18.2 Å². The molecule has 1 aliphatic heterocycles. The highest BCUT2D eigenvalue weighted by Crippen LogP contribution is 2.22. The number of likely N-dealkylation sites (tertiary alicyclic amines) is 1. The van der Waals surface area contributed by atoms with Gasteiger partial charge in [0.1, 0.15) is 23.7 Å². The van der Waals surface area contributed by atoms with Crippen LogP contribution >= 0.6 is 0 Å². The molecule has 0 saturated carbocycles. The molecule has 1 amide bonds. The Kier molecular flexibility index (Phi) is 7.10. The molecule has 1 aromatic carbocycles. The number of carbonyl (C=O) groups excluding carboxylic acids is 1. The van der Waals surface area contributed by atoms with Gasteiger partial charge in [-0.15, -0.1) is 0 Å². The van der Waals surface area contributed by atoms with Crippen molar-refractivity contribution in [2.24, 2.45) is 0 Å². The zero-order valence-electron chi connectivity index (χ0n) is 17.2. The maximum Gasteiger partial charge on any atom is 0.409 e. The minimum Gasteiger partial charge on any atom is -0.491 e. The second-order valence-corrected chi connectivity index (χ2v) is 7.21. The van der Waals surface area contributed by atoms with Crippen LogP contribution in [0, 0.1) is 0 Å². The molecular weight excluding hydrogens is 370 g/mol. The summed E-state index contributed by atoms with van der Waals surface area (Å²) in [6.07, 6.45) is 3.15. The molecule has 1 saturated heterocycles. The van der Waals surface area contributed by atoms with Crippen molar-refractivity contribution >= 4 is 23.4 Å². The Bertz CT molecular complexity index is 789. The average Bonchev–Trinajstić information content (AvgIpc) is 2.70. The number of anilines is 3. The maximum atomic E-state index is 11.8.